The van der Waals surface area contributed by atoms with Gasteiger partial charge in [-0.05, 0) is 44.0 Å². The lowest BCUT2D eigenvalue weighted by atomic mass is 10.1. The predicted molar refractivity (Wildman–Crippen MR) is 74.5 cm³/mol. The molecule has 0 spiro atoms. The molecule has 0 saturated carbocycles. The third-order valence-electron chi connectivity index (χ3n) is 3.02. The molecule has 0 aliphatic rings. The normalized spacial score (nSPS) is 10.8. The summed E-state index contributed by atoms with van der Waals surface area (Å²) in [5.41, 5.74) is 11.2. The van der Waals surface area contributed by atoms with Crippen molar-refractivity contribution in [2.45, 2.75) is 27.2 Å². The number of aryl methyl sites for hydroxylation is 1. The van der Waals surface area contributed by atoms with Gasteiger partial charge in [-0.25, -0.2) is 4.68 Å². The summed E-state index contributed by atoms with van der Waals surface area (Å²) in [6.45, 7) is 6.27. The minimum absolute atomic E-state index is 0.737. The summed E-state index contributed by atoms with van der Waals surface area (Å²) in [5.74, 6) is 0. The van der Waals surface area contributed by atoms with E-state index in [0.29, 0.717) is 0 Å². The van der Waals surface area contributed by atoms with Crippen molar-refractivity contribution in [2.24, 2.45) is 0 Å². The molecular weight excluding hydrogens is 278 g/mol. The lowest BCUT2D eigenvalue weighted by molar-refractivity contribution is 0.834. The maximum absolute atomic E-state index is 6.01. The molecule has 0 aliphatic carbocycles. The standard InChI is InChI=1S/C13H16BrN3/c1-4-11-8(2)16-17(9(11)3)13-7-10(14)5-6-12(13)15/h5-7H,4,15H2,1-3H3. The second-order valence-electron chi connectivity index (χ2n) is 4.12. The van der Waals surface area contributed by atoms with Crippen LogP contribution in [0.4, 0.5) is 5.69 Å². The first kappa shape index (κ1) is 12.2. The zero-order valence-corrected chi connectivity index (χ0v) is 11.9. The molecule has 0 amide bonds. The van der Waals surface area contributed by atoms with Crippen LogP contribution in [-0.2, 0) is 6.42 Å². The molecule has 0 unspecified atom stereocenters. The van der Waals surface area contributed by atoms with Gasteiger partial charge in [0.25, 0.3) is 0 Å². The third-order valence-corrected chi connectivity index (χ3v) is 3.51. The van der Waals surface area contributed by atoms with Gasteiger partial charge in [-0.2, -0.15) is 5.10 Å². The molecule has 1 aromatic carbocycles. The monoisotopic (exact) mass is 293 g/mol. The molecule has 2 rings (SSSR count). The van der Waals surface area contributed by atoms with Crippen LogP contribution in [0.15, 0.2) is 22.7 Å². The Balaban J connectivity index is 2.64. The first-order valence-corrected chi connectivity index (χ1v) is 6.44. The zero-order chi connectivity index (χ0) is 12.6. The van der Waals surface area contributed by atoms with Crippen LogP contribution in [0.3, 0.4) is 0 Å². The van der Waals surface area contributed by atoms with Crippen LogP contribution in [0.2, 0.25) is 0 Å². The number of halogens is 1. The minimum Gasteiger partial charge on any atom is -0.397 e. The average molecular weight is 294 g/mol. The van der Waals surface area contributed by atoms with Crippen molar-refractivity contribution in [1.29, 1.82) is 0 Å². The minimum atomic E-state index is 0.737. The van der Waals surface area contributed by atoms with Crippen LogP contribution >= 0.6 is 15.9 Å². The lowest BCUT2D eigenvalue weighted by Gasteiger charge is -2.08. The van der Waals surface area contributed by atoms with Crippen LogP contribution in [-0.4, -0.2) is 9.78 Å². The summed E-state index contributed by atoms with van der Waals surface area (Å²) < 4.78 is 2.93. The van der Waals surface area contributed by atoms with Gasteiger partial charge in [0.1, 0.15) is 0 Å². The molecule has 3 nitrogen and oxygen atoms in total. The highest BCUT2D eigenvalue weighted by Gasteiger charge is 2.13. The van der Waals surface area contributed by atoms with Gasteiger partial charge in [-0.15, -0.1) is 0 Å². The third kappa shape index (κ3) is 2.09. The number of nitrogens with two attached hydrogens (primary N) is 1. The molecule has 17 heavy (non-hydrogen) atoms. The highest BCUT2D eigenvalue weighted by atomic mass is 79.9. The van der Waals surface area contributed by atoms with Crippen LogP contribution in [0.5, 0.6) is 0 Å². The Morgan fingerprint density at radius 3 is 2.65 bits per heavy atom. The fourth-order valence-electron chi connectivity index (χ4n) is 2.12. The molecule has 2 N–H and O–H groups in total. The maximum atomic E-state index is 6.01. The summed E-state index contributed by atoms with van der Waals surface area (Å²) in [6.07, 6.45) is 0.992. The molecule has 1 heterocycles. The molecule has 0 radical (unpaired) electrons. The first-order chi connectivity index (χ1) is 8.04. The molecular formula is C13H16BrN3. The van der Waals surface area contributed by atoms with E-state index in [2.05, 4.69) is 34.9 Å². The van der Waals surface area contributed by atoms with E-state index in [-0.39, 0.29) is 0 Å². The molecule has 0 fully saturated rings. The number of rotatable bonds is 2. The van der Waals surface area contributed by atoms with Crippen LogP contribution in [0.1, 0.15) is 23.9 Å². The van der Waals surface area contributed by atoms with Gasteiger partial charge >= 0.3 is 0 Å². The van der Waals surface area contributed by atoms with Crippen LogP contribution < -0.4 is 5.73 Å². The Hall–Kier alpha value is -1.29. The number of nitrogen functional groups attached to an aromatic ring is 1. The maximum Gasteiger partial charge on any atom is 0.0889 e. The van der Waals surface area contributed by atoms with E-state index >= 15 is 0 Å². The summed E-state index contributed by atoms with van der Waals surface area (Å²) in [4.78, 5) is 0. The van der Waals surface area contributed by atoms with E-state index < -0.39 is 0 Å². The highest BCUT2D eigenvalue weighted by molar-refractivity contribution is 9.10. The fourth-order valence-corrected chi connectivity index (χ4v) is 2.47. The van der Waals surface area contributed by atoms with Crippen LogP contribution in [0, 0.1) is 13.8 Å². The SMILES string of the molecule is CCc1c(C)nn(-c2cc(Br)ccc2N)c1C. The van der Waals surface area contributed by atoms with Crippen molar-refractivity contribution in [1.82, 2.24) is 9.78 Å². The van der Waals surface area contributed by atoms with Gasteiger partial charge in [0.05, 0.1) is 17.1 Å². The number of hydrogen-bond acceptors (Lipinski definition) is 2. The second-order valence-corrected chi connectivity index (χ2v) is 5.03. The van der Waals surface area contributed by atoms with Gasteiger partial charge < -0.3 is 5.73 Å². The molecule has 1 aromatic heterocycles. The summed E-state index contributed by atoms with van der Waals surface area (Å²) in [6, 6.07) is 5.82. The number of anilines is 1. The molecule has 2 aromatic rings. The Morgan fingerprint density at radius 2 is 2.06 bits per heavy atom. The fraction of sp³-hybridized carbons (Fsp3) is 0.308. The Kier molecular flexibility index (Phi) is 3.24. The van der Waals surface area contributed by atoms with E-state index in [1.54, 1.807) is 0 Å². The van der Waals surface area contributed by atoms with Crippen molar-refractivity contribution in [2.75, 3.05) is 5.73 Å². The number of aromatic nitrogens is 2. The number of nitrogens with zero attached hydrogens (tertiary/aromatic N) is 2. The second kappa shape index (κ2) is 4.53. The van der Waals surface area contributed by atoms with Crippen molar-refractivity contribution in [3.8, 4) is 5.69 Å². The van der Waals surface area contributed by atoms with E-state index in [0.717, 1.165) is 33.7 Å². The highest BCUT2D eigenvalue weighted by Crippen LogP contribution is 2.25. The van der Waals surface area contributed by atoms with Crippen molar-refractivity contribution in [3.63, 3.8) is 0 Å². The molecule has 90 valence electrons. The Bertz CT molecular complexity index is 558. The summed E-state index contributed by atoms with van der Waals surface area (Å²) in [7, 11) is 0. The molecule has 0 bridgehead atoms. The molecule has 0 aliphatic heterocycles. The zero-order valence-electron chi connectivity index (χ0n) is 10.3. The van der Waals surface area contributed by atoms with E-state index in [9.17, 15) is 0 Å². The van der Waals surface area contributed by atoms with Gasteiger partial charge in [0.15, 0.2) is 0 Å². The van der Waals surface area contributed by atoms with Crippen molar-refractivity contribution >= 4 is 21.6 Å². The van der Waals surface area contributed by atoms with Crippen molar-refractivity contribution in [3.05, 3.63) is 39.6 Å². The average Bonchev–Trinajstić information content (AvgIpc) is 2.57. The van der Waals surface area contributed by atoms with E-state index in [1.807, 2.05) is 29.8 Å². The largest absolute Gasteiger partial charge is 0.397 e. The Morgan fingerprint density at radius 1 is 1.35 bits per heavy atom. The van der Waals surface area contributed by atoms with Gasteiger partial charge in [0, 0.05) is 10.2 Å². The van der Waals surface area contributed by atoms with Crippen molar-refractivity contribution < 1.29 is 0 Å². The smallest absolute Gasteiger partial charge is 0.0889 e. The van der Waals surface area contributed by atoms with E-state index in [1.165, 1.54) is 5.56 Å². The molecule has 0 atom stereocenters. The molecule has 4 heteroatoms. The quantitative estimate of drug-likeness (QED) is 0.863. The number of benzene rings is 1. The van der Waals surface area contributed by atoms with Gasteiger partial charge in [0.2, 0.25) is 0 Å². The molecule has 0 saturated heterocycles. The van der Waals surface area contributed by atoms with Crippen LogP contribution in [0.25, 0.3) is 5.69 Å². The lowest BCUT2D eigenvalue weighted by Crippen LogP contribution is -2.03. The number of hydrogen-bond donors (Lipinski definition) is 1. The Labute approximate surface area is 110 Å². The first-order valence-electron chi connectivity index (χ1n) is 5.65. The van der Waals surface area contributed by atoms with E-state index in [4.69, 9.17) is 5.73 Å². The summed E-state index contributed by atoms with van der Waals surface area (Å²) in [5, 5.41) is 4.57. The topological polar surface area (TPSA) is 43.8 Å². The van der Waals surface area contributed by atoms with Gasteiger partial charge in [-0.1, -0.05) is 22.9 Å². The predicted octanol–water partition coefficient (Wildman–Crippen LogP) is 3.40. The van der Waals surface area contributed by atoms with Gasteiger partial charge in [-0.3, -0.25) is 0 Å². The summed E-state index contributed by atoms with van der Waals surface area (Å²) >= 11 is 3.46.